The van der Waals surface area contributed by atoms with Crippen LogP contribution >= 0.6 is 11.8 Å². The van der Waals surface area contributed by atoms with Gasteiger partial charge in [-0.05, 0) is 25.5 Å². The Labute approximate surface area is 106 Å². The third-order valence-corrected chi connectivity index (χ3v) is 3.18. The molecule has 1 rings (SSSR count). The maximum atomic E-state index is 8.83. The van der Waals surface area contributed by atoms with Gasteiger partial charge >= 0.3 is 0 Å². The van der Waals surface area contributed by atoms with Crippen LogP contribution in [0.3, 0.4) is 0 Å². The molecule has 0 saturated carbocycles. The van der Waals surface area contributed by atoms with Gasteiger partial charge < -0.3 is 10.9 Å². The molecule has 0 unspecified atom stereocenters. The maximum Gasteiger partial charge on any atom is 0.173 e. The van der Waals surface area contributed by atoms with E-state index < -0.39 is 0 Å². The van der Waals surface area contributed by atoms with E-state index in [1.807, 2.05) is 19.9 Å². The molecule has 0 spiro atoms. The minimum Gasteiger partial charge on any atom is -0.409 e. The number of oxime groups is 1. The van der Waals surface area contributed by atoms with Gasteiger partial charge in [0, 0.05) is 10.4 Å². The van der Waals surface area contributed by atoms with Gasteiger partial charge in [-0.2, -0.15) is 0 Å². The Balaban J connectivity index is 3.36. The second kappa shape index (κ2) is 4.96. The molecule has 0 aromatic carbocycles. The van der Waals surface area contributed by atoms with Crippen molar-refractivity contribution in [3.8, 4) is 0 Å². The van der Waals surface area contributed by atoms with Gasteiger partial charge in [-0.15, -0.1) is 0 Å². The number of amidine groups is 1. The number of nitrogens with zero attached hydrogens (tertiary/aromatic N) is 2. The van der Waals surface area contributed by atoms with Gasteiger partial charge in [0.2, 0.25) is 0 Å². The van der Waals surface area contributed by atoms with Crippen molar-refractivity contribution < 1.29 is 5.21 Å². The fourth-order valence-corrected chi connectivity index (χ4v) is 2.67. The van der Waals surface area contributed by atoms with E-state index in [9.17, 15) is 0 Å². The summed E-state index contributed by atoms with van der Waals surface area (Å²) < 4.78 is 0.0255. The number of hydrogen-bond donors (Lipinski definition) is 2. The number of aromatic nitrogens is 1. The molecule has 94 valence electrons. The summed E-state index contributed by atoms with van der Waals surface area (Å²) in [5, 5.41) is 12.7. The molecule has 3 N–H and O–H groups in total. The normalized spacial score (nSPS) is 12.9. The fourth-order valence-electron chi connectivity index (χ4n) is 1.53. The van der Waals surface area contributed by atoms with Crippen molar-refractivity contribution >= 4 is 17.6 Å². The Bertz CT molecular complexity index is 450. The molecule has 1 heterocycles. The summed E-state index contributed by atoms with van der Waals surface area (Å²) in [5.74, 6) is 0.113. The predicted octanol–water partition coefficient (Wildman–Crippen LogP) is 2.68. The van der Waals surface area contributed by atoms with Gasteiger partial charge in [0.1, 0.15) is 5.03 Å². The summed E-state index contributed by atoms with van der Waals surface area (Å²) in [5.41, 5.74) is 8.34. The molecule has 0 radical (unpaired) electrons. The third kappa shape index (κ3) is 3.63. The molecule has 0 aliphatic rings. The van der Waals surface area contributed by atoms with Crippen LogP contribution in [-0.2, 0) is 0 Å². The Kier molecular flexibility index (Phi) is 4.03. The highest BCUT2D eigenvalue weighted by atomic mass is 32.2. The van der Waals surface area contributed by atoms with E-state index in [1.165, 1.54) is 0 Å². The van der Waals surface area contributed by atoms with Crippen LogP contribution in [0.4, 0.5) is 0 Å². The smallest absolute Gasteiger partial charge is 0.173 e. The monoisotopic (exact) mass is 253 g/mol. The lowest BCUT2D eigenvalue weighted by Gasteiger charge is -2.20. The van der Waals surface area contributed by atoms with Gasteiger partial charge in [0.15, 0.2) is 5.84 Å². The second-order valence-corrected chi connectivity index (χ2v) is 6.78. The molecule has 0 aliphatic heterocycles. The second-order valence-electron chi connectivity index (χ2n) is 4.96. The molecule has 0 amide bonds. The summed E-state index contributed by atoms with van der Waals surface area (Å²) >= 11 is 1.62. The zero-order valence-corrected chi connectivity index (χ0v) is 11.7. The van der Waals surface area contributed by atoms with Gasteiger partial charge in [0.05, 0.1) is 5.56 Å². The van der Waals surface area contributed by atoms with Crippen LogP contribution in [0.2, 0.25) is 0 Å². The van der Waals surface area contributed by atoms with Crippen molar-refractivity contribution in [1.29, 1.82) is 0 Å². The average molecular weight is 253 g/mol. The van der Waals surface area contributed by atoms with E-state index >= 15 is 0 Å². The van der Waals surface area contributed by atoms with Crippen LogP contribution in [0.25, 0.3) is 0 Å². The average Bonchev–Trinajstić information content (AvgIpc) is 2.13. The van der Waals surface area contributed by atoms with E-state index in [0.717, 1.165) is 21.8 Å². The molecule has 0 fully saturated rings. The Morgan fingerprint density at radius 1 is 1.41 bits per heavy atom. The van der Waals surface area contributed by atoms with Crippen LogP contribution in [-0.4, -0.2) is 20.8 Å². The molecule has 0 aliphatic carbocycles. The predicted molar refractivity (Wildman–Crippen MR) is 71.8 cm³/mol. The van der Waals surface area contributed by atoms with Crippen molar-refractivity contribution in [2.24, 2.45) is 10.9 Å². The van der Waals surface area contributed by atoms with Crippen LogP contribution in [0.5, 0.6) is 0 Å². The SMILES string of the molecule is Cc1cc(C)c(C(N)=NO)c(SC(C)(C)C)n1. The molecule has 17 heavy (non-hydrogen) atoms. The largest absolute Gasteiger partial charge is 0.409 e. The first-order valence-corrected chi connectivity index (χ1v) is 6.21. The van der Waals surface area contributed by atoms with Gasteiger partial charge in [-0.3, -0.25) is 0 Å². The van der Waals surface area contributed by atoms with E-state index in [2.05, 4.69) is 30.9 Å². The zero-order valence-electron chi connectivity index (χ0n) is 10.9. The fraction of sp³-hybridized carbons (Fsp3) is 0.500. The van der Waals surface area contributed by atoms with Crippen LogP contribution < -0.4 is 5.73 Å². The molecule has 5 heteroatoms. The van der Waals surface area contributed by atoms with E-state index in [-0.39, 0.29) is 10.6 Å². The van der Waals surface area contributed by atoms with Gasteiger partial charge in [-0.25, -0.2) is 4.98 Å². The highest BCUT2D eigenvalue weighted by Gasteiger charge is 2.20. The lowest BCUT2D eigenvalue weighted by atomic mass is 10.1. The first-order valence-electron chi connectivity index (χ1n) is 5.40. The summed E-state index contributed by atoms with van der Waals surface area (Å²) in [6, 6.07) is 1.93. The van der Waals surface area contributed by atoms with Crippen LogP contribution in [0.15, 0.2) is 16.2 Å². The van der Waals surface area contributed by atoms with Crippen LogP contribution in [0.1, 0.15) is 37.6 Å². The molecule has 0 saturated heterocycles. The molecular formula is C12H19N3OS. The number of aryl methyl sites for hydroxylation is 2. The quantitative estimate of drug-likeness (QED) is 0.279. The van der Waals surface area contributed by atoms with Crippen molar-refractivity contribution in [3.63, 3.8) is 0 Å². The molecular weight excluding hydrogens is 234 g/mol. The number of rotatable bonds is 2. The first-order chi connectivity index (χ1) is 7.74. The Morgan fingerprint density at radius 2 is 2.00 bits per heavy atom. The minimum atomic E-state index is 0.0255. The van der Waals surface area contributed by atoms with Gasteiger partial charge in [0.25, 0.3) is 0 Å². The zero-order chi connectivity index (χ0) is 13.2. The van der Waals surface area contributed by atoms with E-state index in [1.54, 1.807) is 11.8 Å². The highest BCUT2D eigenvalue weighted by Crippen LogP contribution is 2.34. The topological polar surface area (TPSA) is 71.5 Å². The summed E-state index contributed by atoms with van der Waals surface area (Å²) in [4.78, 5) is 4.48. The number of nitrogens with two attached hydrogens (primary N) is 1. The standard InChI is InChI=1S/C12H19N3OS/c1-7-6-8(2)14-11(17-12(3,4)5)9(7)10(13)15-16/h6,16H,1-5H3,(H2,13,15). The van der Waals surface area contributed by atoms with Crippen LogP contribution in [0, 0.1) is 13.8 Å². The van der Waals surface area contributed by atoms with Crippen molar-refractivity contribution in [1.82, 2.24) is 4.98 Å². The Morgan fingerprint density at radius 3 is 2.47 bits per heavy atom. The molecule has 0 atom stereocenters. The van der Waals surface area contributed by atoms with Crippen molar-refractivity contribution in [2.45, 2.75) is 44.4 Å². The molecule has 4 nitrogen and oxygen atoms in total. The number of thioether (sulfide) groups is 1. The van der Waals surface area contributed by atoms with Crippen molar-refractivity contribution in [3.05, 3.63) is 22.9 Å². The summed E-state index contributed by atoms with van der Waals surface area (Å²) in [7, 11) is 0. The molecule has 1 aromatic heterocycles. The van der Waals surface area contributed by atoms with Crippen molar-refractivity contribution in [2.75, 3.05) is 0 Å². The summed E-state index contributed by atoms with van der Waals surface area (Å²) in [6.07, 6.45) is 0. The Hall–Kier alpha value is -1.23. The lowest BCUT2D eigenvalue weighted by molar-refractivity contribution is 0.318. The first kappa shape index (κ1) is 13.8. The summed E-state index contributed by atoms with van der Waals surface area (Å²) in [6.45, 7) is 10.2. The number of pyridine rings is 1. The van der Waals surface area contributed by atoms with E-state index in [4.69, 9.17) is 10.9 Å². The molecule has 0 bridgehead atoms. The third-order valence-electron chi connectivity index (χ3n) is 2.08. The van der Waals surface area contributed by atoms with Gasteiger partial charge in [-0.1, -0.05) is 37.7 Å². The number of hydrogen-bond acceptors (Lipinski definition) is 4. The lowest BCUT2D eigenvalue weighted by Crippen LogP contribution is -2.19. The highest BCUT2D eigenvalue weighted by molar-refractivity contribution is 8.00. The molecule has 1 aromatic rings. The maximum absolute atomic E-state index is 8.83. The van der Waals surface area contributed by atoms with E-state index in [0.29, 0.717) is 0 Å². The minimum absolute atomic E-state index is 0.0255.